The van der Waals surface area contributed by atoms with Crippen LogP contribution in [0, 0.1) is 130 Å². The van der Waals surface area contributed by atoms with Crippen molar-refractivity contribution < 1.29 is 71.1 Å². The van der Waals surface area contributed by atoms with E-state index >= 15 is 0 Å². The summed E-state index contributed by atoms with van der Waals surface area (Å²) < 4.78 is 146. The number of aromatic nitrogens is 4. The van der Waals surface area contributed by atoms with Gasteiger partial charge in [-0.05, 0) is 171 Å². The predicted molar refractivity (Wildman–Crippen MR) is 378 cm³/mol. The zero-order chi connectivity index (χ0) is 71.5. The van der Waals surface area contributed by atoms with E-state index in [2.05, 4.69) is 0 Å². The first-order chi connectivity index (χ1) is 47.5. The summed E-state index contributed by atoms with van der Waals surface area (Å²) in [6.45, 7) is 22.6. The maximum absolute atomic E-state index is 14.8. The minimum absolute atomic E-state index is 0.0122. The number of benzene rings is 8. The number of hydrogen-bond acceptors (Lipinski definition) is 4. The average Bonchev–Trinajstić information content (AvgIpc) is 1.61. The highest BCUT2D eigenvalue weighted by atomic mass is 19.2. The van der Waals surface area contributed by atoms with Crippen molar-refractivity contribution in [1.29, 1.82) is 0 Å². The van der Waals surface area contributed by atoms with Crippen LogP contribution in [0.3, 0.4) is 0 Å². The van der Waals surface area contributed by atoms with Gasteiger partial charge in [0.2, 0.25) is 22.8 Å². The molecule has 504 valence electrons. The number of nitrogens with zero attached hydrogens (tertiary/aromatic N) is 4. The predicted octanol–water partition coefficient (Wildman–Crippen LogP) is 21.1. The molecule has 0 radical (unpaired) electrons. The molecule has 16 rings (SSSR count). The van der Waals surface area contributed by atoms with Crippen molar-refractivity contribution in [2.75, 3.05) is 0 Å². The Hall–Kier alpha value is -11.0. The lowest BCUT2D eigenvalue weighted by atomic mass is 9.96. The van der Waals surface area contributed by atoms with Gasteiger partial charge in [-0.1, -0.05) is 18.2 Å². The summed E-state index contributed by atoms with van der Waals surface area (Å²) >= 11 is 0. The molecule has 0 spiro atoms. The zero-order valence-corrected chi connectivity index (χ0v) is 58.3. The van der Waals surface area contributed by atoms with E-state index in [0.29, 0.717) is 87.7 Å². The maximum atomic E-state index is 14.8. The van der Waals surface area contributed by atoms with E-state index in [1.165, 1.54) is 49.4 Å². The van der Waals surface area contributed by atoms with Crippen molar-refractivity contribution in [1.82, 2.24) is 0 Å². The summed E-state index contributed by atoms with van der Waals surface area (Å²) in [6, 6.07) is 34.1. The second-order valence-corrected chi connectivity index (χ2v) is 26.6. The van der Waals surface area contributed by atoms with Gasteiger partial charge in [-0.15, -0.1) is 0 Å². The van der Waals surface area contributed by atoms with Gasteiger partial charge in [0, 0.05) is 104 Å². The Balaban J connectivity index is 0.000000119. The van der Waals surface area contributed by atoms with Crippen LogP contribution in [0.25, 0.3) is 133 Å². The second kappa shape index (κ2) is 25.7. The van der Waals surface area contributed by atoms with E-state index in [1.807, 2.05) is 200 Å². The molecule has 8 heterocycles. The van der Waals surface area contributed by atoms with Crippen molar-refractivity contribution in [2.24, 2.45) is 28.2 Å². The standard InChI is InChI=1S/4C21H18F2NO/c1-11-5-8-16(24(4)10-11)18-12(2)6-7-14-19-17(25-21(14)18)9-15(22)13(3)20(19)23;1-11-5-6-17(24(4)10-11)19-13(3)8-16(23)20-14-7-12(2)15(22)9-18(14)25-21(19)20;1-11-5-6-16(24(4)10-11)18-13(3)8-15(23)20-19-12(2)7-14(22)9-17(19)25-21(18)20;1-11-5-6-16(24(4)10-11)18-12(2)7-13(3)19-20-15(23)8-14(22)9-17(20)25-21(18)19/h4*5-10H,1-4H3/q4*+1. The lowest BCUT2D eigenvalue weighted by Gasteiger charge is -2.08. The van der Waals surface area contributed by atoms with Crippen LogP contribution in [0.1, 0.15) is 66.8 Å². The molecule has 0 aliphatic heterocycles. The highest BCUT2D eigenvalue weighted by Gasteiger charge is 2.29. The molecule has 0 aliphatic carbocycles. The molecule has 16 heteroatoms. The molecule has 0 aliphatic rings. The van der Waals surface area contributed by atoms with Gasteiger partial charge < -0.3 is 17.7 Å². The van der Waals surface area contributed by atoms with Gasteiger partial charge in [0.1, 0.15) is 108 Å². The smallest absolute Gasteiger partial charge is 0.216 e. The van der Waals surface area contributed by atoms with Crippen LogP contribution >= 0.6 is 0 Å². The first kappa shape index (κ1) is 67.6. The number of hydrogen-bond donors (Lipinski definition) is 0. The van der Waals surface area contributed by atoms with Crippen molar-refractivity contribution in [3.05, 3.63) is 259 Å². The first-order valence-corrected chi connectivity index (χ1v) is 32.6. The normalized spacial score (nSPS) is 11.6. The molecular weight excluding hydrogens is 1280 g/mol. The number of fused-ring (bicyclic) bond motifs is 12. The Kier molecular flexibility index (Phi) is 17.4. The highest BCUT2D eigenvalue weighted by Crippen LogP contribution is 2.45. The fourth-order valence-electron chi connectivity index (χ4n) is 14.2. The van der Waals surface area contributed by atoms with Crippen LogP contribution in [0.2, 0.25) is 0 Å². The van der Waals surface area contributed by atoms with E-state index in [-0.39, 0.29) is 40.0 Å². The third-order valence-electron chi connectivity index (χ3n) is 18.9. The molecule has 0 saturated heterocycles. The second-order valence-electron chi connectivity index (χ2n) is 26.6. The van der Waals surface area contributed by atoms with Gasteiger partial charge in [0.05, 0.1) is 43.8 Å². The van der Waals surface area contributed by atoms with Crippen LogP contribution in [-0.2, 0) is 28.2 Å². The minimum Gasteiger partial charge on any atom is -0.455 e. The first-order valence-electron chi connectivity index (χ1n) is 32.6. The summed E-state index contributed by atoms with van der Waals surface area (Å²) in [7, 11) is 7.83. The summed E-state index contributed by atoms with van der Waals surface area (Å²) in [5.74, 6) is -3.83. The molecule has 0 N–H and O–H groups in total. The Bertz CT molecular complexity index is 5930. The van der Waals surface area contributed by atoms with Crippen LogP contribution in [-0.4, -0.2) is 0 Å². The third kappa shape index (κ3) is 11.8. The van der Waals surface area contributed by atoms with Crippen molar-refractivity contribution >= 4 is 87.8 Å². The summed E-state index contributed by atoms with van der Waals surface area (Å²) in [6.07, 6.45) is 8.08. The van der Waals surface area contributed by atoms with Crippen molar-refractivity contribution in [3.63, 3.8) is 0 Å². The molecule has 0 amide bonds. The van der Waals surface area contributed by atoms with Gasteiger partial charge in [-0.25, -0.2) is 53.4 Å². The Morgan fingerprint density at radius 3 is 1.16 bits per heavy atom. The molecule has 8 aromatic heterocycles. The number of furan rings is 4. The molecule has 0 saturated carbocycles. The zero-order valence-electron chi connectivity index (χ0n) is 58.3. The quantitative estimate of drug-likeness (QED) is 0.130. The van der Waals surface area contributed by atoms with E-state index in [9.17, 15) is 35.1 Å². The maximum Gasteiger partial charge on any atom is 0.216 e. The number of pyridine rings is 4. The van der Waals surface area contributed by atoms with E-state index in [1.54, 1.807) is 19.9 Å². The monoisotopic (exact) mass is 1350 g/mol. The van der Waals surface area contributed by atoms with Crippen LogP contribution in [0.4, 0.5) is 35.1 Å². The molecular formula is C84H72F8N4O4+4. The lowest BCUT2D eigenvalue weighted by Crippen LogP contribution is -2.31. The van der Waals surface area contributed by atoms with Gasteiger partial charge in [-0.3, -0.25) is 0 Å². The topological polar surface area (TPSA) is 68.1 Å². The molecule has 0 unspecified atom stereocenters. The van der Waals surface area contributed by atoms with Gasteiger partial charge in [-0.2, -0.15) is 0 Å². The average molecular weight is 1350 g/mol. The van der Waals surface area contributed by atoms with E-state index < -0.39 is 23.3 Å². The SMILES string of the molecule is Cc1ccc(-c2c(C)cc(C)c3c2oc2cc(F)cc(F)c23)[n+](C)c1.Cc1ccc(-c2c(C)cc(F)c3c2oc2cc(F)c(C)cc23)[n+](C)c1.Cc1ccc(-c2c(C)cc(F)c3c2oc2cc(F)cc(C)c23)[n+](C)c1.Cc1ccc(-c2c(C)ccc3c2oc2cc(F)c(C)c(F)c23)[n+](C)c1. The number of rotatable bonds is 4. The molecule has 8 aromatic carbocycles. The fraction of sp³-hybridized carbons (Fsp3) is 0.190. The van der Waals surface area contributed by atoms with Gasteiger partial charge in [0.25, 0.3) is 0 Å². The number of halogens is 8. The van der Waals surface area contributed by atoms with Crippen LogP contribution < -0.4 is 18.3 Å². The summed E-state index contributed by atoms with van der Waals surface area (Å²) in [4.78, 5) is 0. The Morgan fingerprint density at radius 1 is 0.260 bits per heavy atom. The lowest BCUT2D eigenvalue weighted by molar-refractivity contribution is -0.660. The van der Waals surface area contributed by atoms with E-state index in [4.69, 9.17) is 17.7 Å². The summed E-state index contributed by atoms with van der Waals surface area (Å²) in [5, 5.41) is 4.08. The van der Waals surface area contributed by atoms with Crippen LogP contribution in [0.5, 0.6) is 0 Å². The summed E-state index contributed by atoms with van der Waals surface area (Å²) in [5.41, 5.74) is 20.7. The van der Waals surface area contributed by atoms with Gasteiger partial charge in [0.15, 0.2) is 36.0 Å². The molecule has 16 aromatic rings. The largest absolute Gasteiger partial charge is 0.455 e. The van der Waals surface area contributed by atoms with Crippen LogP contribution in [0.15, 0.2) is 164 Å². The number of aryl methyl sites for hydroxylation is 15. The highest BCUT2D eigenvalue weighted by molar-refractivity contribution is 6.14. The minimum atomic E-state index is -0.638. The fourth-order valence-corrected chi connectivity index (χ4v) is 14.2. The third-order valence-corrected chi connectivity index (χ3v) is 18.9. The van der Waals surface area contributed by atoms with Crippen molar-refractivity contribution in [3.8, 4) is 45.0 Å². The molecule has 8 nitrogen and oxygen atoms in total. The van der Waals surface area contributed by atoms with Gasteiger partial charge >= 0.3 is 0 Å². The Morgan fingerprint density at radius 2 is 0.650 bits per heavy atom. The Labute approximate surface area is 571 Å². The van der Waals surface area contributed by atoms with E-state index in [0.717, 1.165) is 101 Å². The molecule has 0 atom stereocenters. The molecule has 0 fully saturated rings. The molecule has 100 heavy (non-hydrogen) atoms. The molecule has 0 bridgehead atoms. The van der Waals surface area contributed by atoms with Crippen molar-refractivity contribution in [2.45, 2.75) is 83.1 Å².